The number of hydrogen-bond donors (Lipinski definition) is 1. The van der Waals surface area contributed by atoms with Crippen molar-refractivity contribution >= 4 is 61.6 Å². The smallest absolute Gasteiger partial charge is 0.343 e. The van der Waals surface area contributed by atoms with E-state index in [1.807, 2.05) is 0 Å². The average Bonchev–Trinajstić information content (AvgIpc) is 2.75. The number of benzene rings is 3. The number of rotatable bonds is 7. The third kappa shape index (κ3) is 6.88. The number of amides is 1. The predicted octanol–water partition coefficient (Wildman–Crippen LogP) is 5.75. The van der Waals surface area contributed by atoms with Crippen LogP contribution in [-0.2, 0) is 4.79 Å². The molecule has 0 bridgehead atoms. The molecule has 0 atom stereocenters. The van der Waals surface area contributed by atoms with Crippen molar-refractivity contribution in [2.45, 2.75) is 0 Å². The maximum Gasteiger partial charge on any atom is 0.343 e. The fourth-order valence-corrected chi connectivity index (χ4v) is 3.90. The quantitative estimate of drug-likeness (QED) is 0.166. The zero-order valence-corrected chi connectivity index (χ0v) is 20.1. The van der Waals surface area contributed by atoms with Crippen LogP contribution in [0.4, 0.5) is 4.39 Å². The van der Waals surface area contributed by atoms with E-state index in [9.17, 15) is 14.0 Å². The number of hydrazone groups is 1. The van der Waals surface area contributed by atoms with Crippen molar-refractivity contribution in [2.24, 2.45) is 5.10 Å². The summed E-state index contributed by atoms with van der Waals surface area (Å²) in [6.45, 7) is -0.261. The first-order valence-electron chi connectivity index (χ1n) is 8.99. The summed E-state index contributed by atoms with van der Waals surface area (Å²) in [4.78, 5) is 24.4. The molecule has 32 heavy (non-hydrogen) atoms. The van der Waals surface area contributed by atoms with E-state index in [0.29, 0.717) is 25.3 Å². The number of carbonyl (C=O) groups is 2. The van der Waals surface area contributed by atoms with Crippen molar-refractivity contribution in [1.82, 2.24) is 5.43 Å². The maximum absolute atomic E-state index is 13.4. The van der Waals surface area contributed by atoms with Gasteiger partial charge in [-0.1, -0.05) is 33.6 Å². The molecule has 0 aromatic heterocycles. The number of hydrogen-bond acceptors (Lipinski definition) is 5. The number of carbonyl (C=O) groups excluding carboxylic acids is 2. The lowest BCUT2D eigenvalue weighted by Gasteiger charge is -2.10. The number of esters is 1. The van der Waals surface area contributed by atoms with Crippen LogP contribution in [0.2, 0.25) is 5.02 Å². The van der Waals surface area contributed by atoms with E-state index in [1.165, 1.54) is 24.4 Å². The van der Waals surface area contributed by atoms with Gasteiger partial charge in [0.1, 0.15) is 11.6 Å². The first kappa shape index (κ1) is 23.9. The summed E-state index contributed by atoms with van der Waals surface area (Å²) >= 11 is 12.5. The van der Waals surface area contributed by atoms with Crippen molar-refractivity contribution < 1.29 is 23.5 Å². The molecule has 0 saturated carbocycles. The van der Waals surface area contributed by atoms with E-state index in [1.54, 1.807) is 36.4 Å². The fourth-order valence-electron chi connectivity index (χ4n) is 2.44. The van der Waals surface area contributed by atoms with E-state index in [-0.39, 0.29) is 17.9 Å². The SMILES string of the molecule is O=C(COc1ccc(Cl)cc1)N/N=C/c1cc(Br)cc(Br)c1OC(=O)c1cccc(F)c1. The minimum Gasteiger partial charge on any atom is -0.484 e. The van der Waals surface area contributed by atoms with Crippen LogP contribution in [0, 0.1) is 5.82 Å². The van der Waals surface area contributed by atoms with Crippen LogP contribution >= 0.6 is 43.5 Å². The Labute approximate surface area is 204 Å². The molecule has 1 N–H and O–H groups in total. The topological polar surface area (TPSA) is 77.0 Å². The summed E-state index contributed by atoms with van der Waals surface area (Å²) in [5, 5.41) is 4.44. The molecular formula is C22H14Br2ClFN2O4. The molecule has 0 unspecified atom stereocenters. The Hall–Kier alpha value is -2.75. The first-order valence-corrected chi connectivity index (χ1v) is 11.0. The van der Waals surface area contributed by atoms with Crippen LogP contribution < -0.4 is 14.9 Å². The van der Waals surface area contributed by atoms with Crippen molar-refractivity contribution in [3.05, 3.63) is 91.6 Å². The molecule has 1 amide bonds. The standard InChI is InChI=1S/C22H14Br2ClFN2O4/c23-15-8-14(11-27-28-20(29)12-31-18-6-4-16(25)5-7-18)21(19(24)10-15)32-22(30)13-2-1-3-17(26)9-13/h1-11H,12H2,(H,28,29)/b27-11+. The number of nitrogens with zero attached hydrogens (tertiary/aromatic N) is 1. The summed E-state index contributed by atoms with van der Waals surface area (Å²) in [6, 6.07) is 15.0. The Balaban J connectivity index is 1.67. The highest BCUT2D eigenvalue weighted by molar-refractivity contribution is 9.11. The number of ether oxygens (including phenoxy) is 2. The number of nitrogens with one attached hydrogen (secondary N) is 1. The molecule has 6 nitrogen and oxygen atoms in total. The van der Waals surface area contributed by atoms with Crippen molar-refractivity contribution in [2.75, 3.05) is 6.61 Å². The highest BCUT2D eigenvalue weighted by Gasteiger charge is 2.16. The van der Waals surface area contributed by atoms with E-state index in [0.717, 1.165) is 6.07 Å². The van der Waals surface area contributed by atoms with E-state index in [2.05, 4.69) is 42.4 Å². The molecule has 3 aromatic rings. The van der Waals surface area contributed by atoms with Gasteiger partial charge in [0.25, 0.3) is 5.91 Å². The molecule has 0 aliphatic heterocycles. The lowest BCUT2D eigenvalue weighted by molar-refractivity contribution is -0.123. The Bertz CT molecular complexity index is 1170. The normalized spacial score (nSPS) is 10.8. The van der Waals surface area contributed by atoms with Gasteiger partial charge in [-0.05, 0) is 70.5 Å². The second kappa shape index (κ2) is 11.2. The first-order chi connectivity index (χ1) is 15.3. The van der Waals surface area contributed by atoms with Crippen LogP contribution in [-0.4, -0.2) is 24.7 Å². The van der Waals surface area contributed by atoms with Gasteiger partial charge in [0.2, 0.25) is 0 Å². The van der Waals surface area contributed by atoms with Crippen LogP contribution in [0.15, 0.2) is 74.7 Å². The van der Waals surface area contributed by atoms with Crippen LogP contribution in [0.3, 0.4) is 0 Å². The molecular weight excluding hydrogens is 571 g/mol. The summed E-state index contributed by atoms with van der Waals surface area (Å²) < 4.78 is 25.3. The van der Waals surface area contributed by atoms with Gasteiger partial charge in [-0.3, -0.25) is 4.79 Å². The Kier molecular flexibility index (Phi) is 8.38. The Morgan fingerprint density at radius 3 is 2.56 bits per heavy atom. The molecule has 0 saturated heterocycles. The molecule has 0 aliphatic carbocycles. The second-order valence-electron chi connectivity index (χ2n) is 6.24. The lowest BCUT2D eigenvalue weighted by atomic mass is 10.2. The Morgan fingerprint density at radius 2 is 1.84 bits per heavy atom. The molecule has 0 heterocycles. The highest BCUT2D eigenvalue weighted by Crippen LogP contribution is 2.32. The van der Waals surface area contributed by atoms with Crippen LogP contribution in [0.5, 0.6) is 11.5 Å². The van der Waals surface area contributed by atoms with Crippen LogP contribution in [0.25, 0.3) is 0 Å². The van der Waals surface area contributed by atoms with Gasteiger partial charge in [0.05, 0.1) is 16.3 Å². The Morgan fingerprint density at radius 1 is 1.09 bits per heavy atom. The van der Waals surface area contributed by atoms with Crippen molar-refractivity contribution in [1.29, 1.82) is 0 Å². The highest BCUT2D eigenvalue weighted by atomic mass is 79.9. The minimum absolute atomic E-state index is 0.0513. The molecule has 0 radical (unpaired) electrons. The molecule has 0 fully saturated rings. The molecule has 164 valence electrons. The zero-order valence-electron chi connectivity index (χ0n) is 16.2. The second-order valence-corrected chi connectivity index (χ2v) is 8.45. The summed E-state index contributed by atoms with van der Waals surface area (Å²) in [6.07, 6.45) is 1.31. The van der Waals surface area contributed by atoms with Gasteiger partial charge >= 0.3 is 5.97 Å². The van der Waals surface area contributed by atoms with Gasteiger partial charge in [-0.2, -0.15) is 5.10 Å². The third-order valence-corrected chi connectivity index (χ3v) is 5.17. The maximum atomic E-state index is 13.4. The summed E-state index contributed by atoms with van der Waals surface area (Å²) in [7, 11) is 0. The molecule has 10 heteroatoms. The third-order valence-electron chi connectivity index (χ3n) is 3.87. The lowest BCUT2D eigenvalue weighted by Crippen LogP contribution is -2.24. The van der Waals surface area contributed by atoms with Crippen LogP contribution in [0.1, 0.15) is 15.9 Å². The van der Waals surface area contributed by atoms with E-state index >= 15 is 0 Å². The molecule has 3 rings (SSSR count). The van der Waals surface area contributed by atoms with Gasteiger partial charge in [-0.15, -0.1) is 0 Å². The fraction of sp³-hybridized carbons (Fsp3) is 0.0455. The average molecular weight is 585 g/mol. The van der Waals surface area contributed by atoms with E-state index < -0.39 is 17.7 Å². The zero-order chi connectivity index (χ0) is 23.1. The van der Waals surface area contributed by atoms with Crippen molar-refractivity contribution in [3.63, 3.8) is 0 Å². The van der Waals surface area contributed by atoms with Gasteiger partial charge in [0, 0.05) is 15.1 Å². The molecule has 3 aromatic carbocycles. The molecule has 0 spiro atoms. The predicted molar refractivity (Wildman–Crippen MR) is 126 cm³/mol. The van der Waals surface area contributed by atoms with Gasteiger partial charge in [0.15, 0.2) is 12.4 Å². The summed E-state index contributed by atoms with van der Waals surface area (Å²) in [5.74, 6) is -1.17. The number of halogens is 4. The molecule has 0 aliphatic rings. The van der Waals surface area contributed by atoms with E-state index in [4.69, 9.17) is 21.1 Å². The minimum atomic E-state index is -0.748. The monoisotopic (exact) mass is 582 g/mol. The van der Waals surface area contributed by atoms with Gasteiger partial charge < -0.3 is 9.47 Å². The largest absolute Gasteiger partial charge is 0.484 e. The van der Waals surface area contributed by atoms with Crippen molar-refractivity contribution in [3.8, 4) is 11.5 Å². The summed E-state index contributed by atoms with van der Waals surface area (Å²) in [5.41, 5.74) is 2.77. The van der Waals surface area contributed by atoms with Gasteiger partial charge in [-0.25, -0.2) is 14.6 Å².